The zero-order valence-electron chi connectivity index (χ0n) is 14.4. The molecule has 2 aromatic rings. The Morgan fingerprint density at radius 2 is 1.48 bits per heavy atom. The van der Waals surface area contributed by atoms with Crippen molar-refractivity contribution in [2.45, 2.75) is 26.1 Å². The summed E-state index contributed by atoms with van der Waals surface area (Å²) < 4.78 is 5.83. The van der Waals surface area contributed by atoms with Gasteiger partial charge in [0.25, 0.3) is 0 Å². The van der Waals surface area contributed by atoms with Gasteiger partial charge in [-0.25, -0.2) is 9.97 Å². The number of ether oxygens (including phenoxy) is 1. The second-order valence-electron chi connectivity index (χ2n) is 6.96. The Bertz CT molecular complexity index is 796. The van der Waals surface area contributed by atoms with Gasteiger partial charge in [-0.3, -0.25) is 4.79 Å². The van der Waals surface area contributed by atoms with Crippen LogP contribution in [0.3, 0.4) is 0 Å². The predicted octanol–water partition coefficient (Wildman–Crippen LogP) is 1.76. The number of carboxylic acids is 1. The largest absolute Gasteiger partial charge is 0.481 e. The lowest BCUT2D eigenvalue weighted by molar-refractivity contribution is -0.142. The Morgan fingerprint density at radius 1 is 1.00 bits per heavy atom. The van der Waals surface area contributed by atoms with Gasteiger partial charge in [0, 0.05) is 26.2 Å². The van der Waals surface area contributed by atoms with E-state index in [0.29, 0.717) is 13.1 Å². The fourth-order valence-corrected chi connectivity index (χ4v) is 3.56. The predicted molar refractivity (Wildman–Crippen MR) is 95.1 cm³/mol. The number of hydrogen-bond donors (Lipinski definition) is 1. The van der Waals surface area contributed by atoms with Crippen molar-refractivity contribution in [1.82, 2.24) is 9.97 Å². The lowest BCUT2D eigenvalue weighted by Gasteiger charge is -2.41. The van der Waals surface area contributed by atoms with Gasteiger partial charge in [0.15, 0.2) is 11.6 Å². The van der Waals surface area contributed by atoms with Crippen molar-refractivity contribution in [3.05, 3.63) is 24.3 Å². The molecule has 0 amide bonds. The maximum Gasteiger partial charge on any atom is 0.310 e. The molecule has 0 spiro atoms. The smallest absolute Gasteiger partial charge is 0.310 e. The van der Waals surface area contributed by atoms with Crippen molar-refractivity contribution in [2.24, 2.45) is 5.92 Å². The third kappa shape index (κ3) is 3.00. The molecule has 2 saturated heterocycles. The van der Waals surface area contributed by atoms with Crippen molar-refractivity contribution < 1.29 is 14.6 Å². The zero-order valence-corrected chi connectivity index (χ0v) is 14.4. The summed E-state index contributed by atoms with van der Waals surface area (Å²) in [6.07, 6.45) is 0.237. The van der Waals surface area contributed by atoms with Crippen LogP contribution in [-0.4, -0.2) is 59.4 Å². The molecule has 7 heteroatoms. The maximum atomic E-state index is 11.2. The first-order chi connectivity index (χ1) is 12.0. The molecule has 0 saturated carbocycles. The Hall–Kier alpha value is -2.41. The second-order valence-corrected chi connectivity index (χ2v) is 6.96. The molecule has 2 aliphatic heterocycles. The number of anilines is 2. The number of nitrogens with zero attached hydrogens (tertiary/aromatic N) is 4. The van der Waals surface area contributed by atoms with E-state index in [4.69, 9.17) is 19.8 Å². The number of fused-ring (bicyclic) bond motifs is 1. The van der Waals surface area contributed by atoms with Crippen LogP contribution in [0.25, 0.3) is 11.0 Å². The molecule has 1 aromatic heterocycles. The number of aromatic nitrogens is 2. The summed E-state index contributed by atoms with van der Waals surface area (Å²) in [4.78, 5) is 25.0. The van der Waals surface area contributed by atoms with Gasteiger partial charge < -0.3 is 19.6 Å². The fraction of sp³-hybridized carbons (Fsp3) is 0.500. The molecule has 2 atom stereocenters. The highest BCUT2D eigenvalue weighted by Crippen LogP contribution is 2.34. The minimum atomic E-state index is -0.750. The van der Waals surface area contributed by atoms with E-state index in [-0.39, 0.29) is 18.1 Å². The van der Waals surface area contributed by atoms with Crippen molar-refractivity contribution in [2.75, 3.05) is 36.0 Å². The molecule has 132 valence electrons. The average Bonchev–Trinajstić information content (AvgIpc) is 2.51. The molecule has 25 heavy (non-hydrogen) atoms. The van der Waals surface area contributed by atoms with E-state index >= 15 is 0 Å². The van der Waals surface area contributed by atoms with Gasteiger partial charge in [-0.2, -0.15) is 0 Å². The maximum absolute atomic E-state index is 11.2. The molecule has 0 radical (unpaired) electrons. The van der Waals surface area contributed by atoms with E-state index in [1.165, 1.54) is 0 Å². The lowest BCUT2D eigenvalue weighted by Crippen LogP contribution is -2.52. The first-order valence-electron chi connectivity index (χ1n) is 8.66. The molecular weight excluding hydrogens is 320 g/mol. The topological polar surface area (TPSA) is 78.8 Å². The van der Waals surface area contributed by atoms with Crippen molar-refractivity contribution in [3.63, 3.8) is 0 Å². The molecule has 0 aliphatic carbocycles. The van der Waals surface area contributed by atoms with Gasteiger partial charge in [-0.1, -0.05) is 12.1 Å². The molecular formula is C18H22N4O3. The van der Waals surface area contributed by atoms with Crippen LogP contribution in [0.4, 0.5) is 11.6 Å². The third-order valence-electron chi connectivity index (χ3n) is 4.78. The Labute approximate surface area is 146 Å². The van der Waals surface area contributed by atoms with Crippen LogP contribution in [0, 0.1) is 5.92 Å². The Morgan fingerprint density at radius 3 is 1.96 bits per heavy atom. The number of para-hydroxylation sites is 2. The second kappa shape index (κ2) is 6.15. The van der Waals surface area contributed by atoms with Crippen molar-refractivity contribution in [1.29, 1.82) is 0 Å². The first kappa shape index (κ1) is 16.1. The summed E-state index contributed by atoms with van der Waals surface area (Å²) in [5.41, 5.74) is 1.68. The molecule has 3 heterocycles. The SMILES string of the molecule is CC1CN(c2nc3ccccc3nc2N2CC(C(=O)O)C2)CC(C)O1. The van der Waals surface area contributed by atoms with E-state index in [2.05, 4.69) is 18.7 Å². The van der Waals surface area contributed by atoms with Crippen LogP contribution < -0.4 is 9.80 Å². The van der Waals surface area contributed by atoms with Crippen molar-refractivity contribution >= 4 is 28.6 Å². The molecule has 2 aliphatic rings. The molecule has 2 unspecified atom stereocenters. The normalized spacial score (nSPS) is 24.4. The number of carboxylic acid groups (broad SMARTS) is 1. The summed E-state index contributed by atoms with van der Waals surface area (Å²) in [6, 6.07) is 7.79. The number of morpholine rings is 1. The Kier molecular flexibility index (Phi) is 3.95. The molecule has 0 bridgehead atoms. The molecule has 1 N–H and O–H groups in total. The highest BCUT2D eigenvalue weighted by atomic mass is 16.5. The van der Waals surface area contributed by atoms with E-state index in [1.807, 2.05) is 29.2 Å². The van der Waals surface area contributed by atoms with Crippen LogP contribution in [0.15, 0.2) is 24.3 Å². The Balaban J connectivity index is 1.73. The number of benzene rings is 1. The van der Waals surface area contributed by atoms with E-state index in [9.17, 15) is 4.79 Å². The first-order valence-corrected chi connectivity index (χ1v) is 8.66. The summed E-state index contributed by atoms with van der Waals surface area (Å²) in [5, 5.41) is 9.17. The molecule has 1 aromatic carbocycles. The average molecular weight is 342 g/mol. The summed E-state index contributed by atoms with van der Waals surface area (Å²) in [7, 11) is 0. The van der Waals surface area contributed by atoms with E-state index in [1.54, 1.807) is 0 Å². The van der Waals surface area contributed by atoms with Crippen LogP contribution >= 0.6 is 0 Å². The quantitative estimate of drug-likeness (QED) is 0.910. The van der Waals surface area contributed by atoms with E-state index in [0.717, 1.165) is 35.8 Å². The summed E-state index contributed by atoms with van der Waals surface area (Å²) in [5.74, 6) is 0.519. The zero-order chi connectivity index (χ0) is 17.6. The number of aliphatic carboxylic acids is 1. The fourth-order valence-electron chi connectivity index (χ4n) is 3.56. The molecule has 2 fully saturated rings. The van der Waals surface area contributed by atoms with Crippen molar-refractivity contribution in [3.8, 4) is 0 Å². The van der Waals surface area contributed by atoms with Crippen LogP contribution in [0.1, 0.15) is 13.8 Å². The minimum Gasteiger partial charge on any atom is -0.481 e. The van der Waals surface area contributed by atoms with Gasteiger partial charge in [0.1, 0.15) is 0 Å². The minimum absolute atomic E-state index is 0.119. The highest BCUT2D eigenvalue weighted by Gasteiger charge is 2.36. The molecule has 4 rings (SSSR count). The highest BCUT2D eigenvalue weighted by molar-refractivity contribution is 5.82. The van der Waals surface area contributed by atoms with Crippen LogP contribution in [0.5, 0.6) is 0 Å². The van der Waals surface area contributed by atoms with Gasteiger partial charge in [0.2, 0.25) is 0 Å². The standard InChI is InChI=1S/C18H22N4O3/c1-11-7-21(8-12(2)25-11)16-17(22-9-13(10-22)18(23)24)20-15-6-4-3-5-14(15)19-16/h3-6,11-13H,7-10H2,1-2H3,(H,23,24). The third-order valence-corrected chi connectivity index (χ3v) is 4.78. The van der Waals surface area contributed by atoms with Crippen LogP contribution in [-0.2, 0) is 9.53 Å². The molecule has 7 nitrogen and oxygen atoms in total. The summed E-state index contributed by atoms with van der Waals surface area (Å²) >= 11 is 0. The summed E-state index contributed by atoms with van der Waals surface area (Å²) in [6.45, 7) is 6.57. The van der Waals surface area contributed by atoms with E-state index < -0.39 is 5.97 Å². The van der Waals surface area contributed by atoms with Gasteiger partial charge in [-0.05, 0) is 26.0 Å². The van der Waals surface area contributed by atoms with Gasteiger partial charge in [-0.15, -0.1) is 0 Å². The number of hydrogen-bond acceptors (Lipinski definition) is 6. The monoisotopic (exact) mass is 342 g/mol. The lowest BCUT2D eigenvalue weighted by atomic mass is 10.0. The number of rotatable bonds is 3. The van der Waals surface area contributed by atoms with Gasteiger partial charge >= 0.3 is 5.97 Å². The van der Waals surface area contributed by atoms with Gasteiger partial charge in [0.05, 0.1) is 29.2 Å². The number of carbonyl (C=O) groups is 1. The van der Waals surface area contributed by atoms with Crippen LogP contribution in [0.2, 0.25) is 0 Å².